The van der Waals surface area contributed by atoms with Gasteiger partial charge in [-0.25, -0.2) is 0 Å². The summed E-state index contributed by atoms with van der Waals surface area (Å²) in [4.78, 5) is 11.4. The predicted octanol–water partition coefficient (Wildman–Crippen LogP) is 0.941. The molecule has 2 rings (SSSR count). The molecule has 92 valence electrons. The quantitative estimate of drug-likeness (QED) is 0.816. The molecule has 1 atom stereocenters. The zero-order valence-electron chi connectivity index (χ0n) is 9.73. The Morgan fingerprint density at radius 1 is 1.47 bits per heavy atom. The van der Waals surface area contributed by atoms with Crippen LogP contribution >= 0.6 is 0 Å². The van der Waals surface area contributed by atoms with Gasteiger partial charge in [0.25, 0.3) is 0 Å². The van der Waals surface area contributed by atoms with Crippen molar-refractivity contribution in [1.82, 2.24) is 5.32 Å². The lowest BCUT2D eigenvalue weighted by molar-refractivity contribution is -0.121. The zero-order chi connectivity index (χ0) is 12.3. The van der Waals surface area contributed by atoms with E-state index in [1.165, 1.54) is 0 Å². The van der Waals surface area contributed by atoms with Crippen molar-refractivity contribution >= 4 is 5.91 Å². The topological polar surface area (TPSA) is 73.6 Å². The molecule has 5 heteroatoms. The number of amides is 1. The first kappa shape index (κ1) is 11.7. The fourth-order valence-electron chi connectivity index (χ4n) is 1.71. The predicted molar refractivity (Wildman–Crippen MR) is 62.8 cm³/mol. The number of ether oxygens (including phenoxy) is 2. The molecule has 0 aromatic heterocycles. The first-order valence-corrected chi connectivity index (χ1v) is 5.59. The van der Waals surface area contributed by atoms with E-state index in [4.69, 9.17) is 15.2 Å². The summed E-state index contributed by atoms with van der Waals surface area (Å²) in [7, 11) is 0. The molecular weight excluding hydrogens is 220 g/mol. The fourth-order valence-corrected chi connectivity index (χ4v) is 1.71. The van der Waals surface area contributed by atoms with Crippen LogP contribution in [0, 0.1) is 0 Å². The van der Waals surface area contributed by atoms with Crippen LogP contribution in [0.1, 0.15) is 24.9 Å². The molecule has 1 unspecified atom stereocenters. The van der Waals surface area contributed by atoms with Crippen LogP contribution in [-0.2, 0) is 4.79 Å². The number of nitrogens with two attached hydrogens (primary N) is 1. The van der Waals surface area contributed by atoms with Crippen molar-refractivity contribution in [2.45, 2.75) is 19.4 Å². The molecule has 5 nitrogen and oxygen atoms in total. The second-order valence-electron chi connectivity index (χ2n) is 3.94. The molecule has 0 saturated heterocycles. The molecule has 1 amide bonds. The third kappa shape index (κ3) is 2.68. The van der Waals surface area contributed by atoms with Crippen LogP contribution in [0.4, 0.5) is 0 Å². The summed E-state index contributed by atoms with van der Waals surface area (Å²) >= 11 is 0. The van der Waals surface area contributed by atoms with Crippen molar-refractivity contribution in [2.75, 3.05) is 13.3 Å². The van der Waals surface area contributed by atoms with E-state index in [0.717, 1.165) is 17.1 Å². The highest BCUT2D eigenvalue weighted by molar-refractivity contribution is 5.76. The first-order chi connectivity index (χ1) is 8.20. The smallest absolute Gasteiger partial charge is 0.231 e. The Balaban J connectivity index is 2.04. The van der Waals surface area contributed by atoms with Gasteiger partial charge in [0, 0.05) is 13.0 Å². The SMILES string of the molecule is CC(NC(=O)CCN)c1ccc2c(c1)OCO2. The van der Waals surface area contributed by atoms with E-state index in [1.54, 1.807) is 0 Å². The summed E-state index contributed by atoms with van der Waals surface area (Å²) in [6.45, 7) is 2.54. The van der Waals surface area contributed by atoms with Gasteiger partial charge in [-0.1, -0.05) is 6.07 Å². The van der Waals surface area contributed by atoms with Crippen molar-refractivity contribution in [3.8, 4) is 11.5 Å². The normalized spacial score (nSPS) is 14.5. The first-order valence-electron chi connectivity index (χ1n) is 5.59. The van der Waals surface area contributed by atoms with Crippen LogP contribution in [0.5, 0.6) is 11.5 Å². The summed E-state index contributed by atoms with van der Waals surface area (Å²) in [5.41, 5.74) is 6.31. The minimum atomic E-state index is -0.0662. The molecular formula is C12H16N2O3. The lowest BCUT2D eigenvalue weighted by Crippen LogP contribution is -2.28. The highest BCUT2D eigenvalue weighted by Crippen LogP contribution is 2.34. The summed E-state index contributed by atoms with van der Waals surface area (Å²) < 4.78 is 10.5. The molecule has 0 fully saturated rings. The zero-order valence-corrected chi connectivity index (χ0v) is 9.73. The van der Waals surface area contributed by atoms with E-state index in [9.17, 15) is 4.79 Å². The molecule has 0 saturated carbocycles. The maximum atomic E-state index is 11.4. The van der Waals surface area contributed by atoms with E-state index in [2.05, 4.69) is 5.32 Å². The lowest BCUT2D eigenvalue weighted by atomic mass is 10.1. The maximum absolute atomic E-state index is 11.4. The number of benzene rings is 1. The van der Waals surface area contributed by atoms with Gasteiger partial charge in [0.05, 0.1) is 6.04 Å². The molecule has 1 heterocycles. The lowest BCUT2D eigenvalue weighted by Gasteiger charge is -2.14. The molecule has 1 aliphatic rings. The Morgan fingerprint density at radius 3 is 3.00 bits per heavy atom. The summed E-state index contributed by atoms with van der Waals surface area (Å²) in [5, 5.41) is 2.87. The van der Waals surface area contributed by atoms with Gasteiger partial charge in [-0.05, 0) is 24.6 Å². The summed E-state index contributed by atoms with van der Waals surface area (Å²) in [6, 6.07) is 5.59. The molecule has 0 bridgehead atoms. The van der Waals surface area contributed by atoms with Crippen LogP contribution in [0.15, 0.2) is 18.2 Å². The van der Waals surface area contributed by atoms with Crippen LogP contribution < -0.4 is 20.5 Å². The van der Waals surface area contributed by atoms with E-state index < -0.39 is 0 Å². The Hall–Kier alpha value is -1.75. The van der Waals surface area contributed by atoms with Crippen LogP contribution in [-0.4, -0.2) is 19.2 Å². The highest BCUT2D eigenvalue weighted by atomic mass is 16.7. The van der Waals surface area contributed by atoms with E-state index >= 15 is 0 Å². The second-order valence-corrected chi connectivity index (χ2v) is 3.94. The largest absolute Gasteiger partial charge is 0.454 e. The van der Waals surface area contributed by atoms with Gasteiger partial charge in [-0.2, -0.15) is 0 Å². The minimum Gasteiger partial charge on any atom is -0.454 e. The third-order valence-electron chi connectivity index (χ3n) is 2.65. The number of nitrogens with one attached hydrogen (secondary N) is 1. The highest BCUT2D eigenvalue weighted by Gasteiger charge is 2.16. The van der Waals surface area contributed by atoms with Gasteiger partial charge >= 0.3 is 0 Å². The molecule has 17 heavy (non-hydrogen) atoms. The Bertz CT molecular complexity index is 420. The molecule has 0 spiro atoms. The van der Waals surface area contributed by atoms with Crippen molar-refractivity contribution in [1.29, 1.82) is 0 Å². The number of rotatable bonds is 4. The van der Waals surface area contributed by atoms with E-state index in [-0.39, 0.29) is 18.7 Å². The van der Waals surface area contributed by atoms with Gasteiger partial charge in [0.2, 0.25) is 12.7 Å². The van der Waals surface area contributed by atoms with E-state index in [1.807, 2.05) is 25.1 Å². The average molecular weight is 236 g/mol. The molecule has 3 N–H and O–H groups in total. The number of hydrogen-bond acceptors (Lipinski definition) is 4. The third-order valence-corrected chi connectivity index (χ3v) is 2.65. The summed E-state index contributed by atoms with van der Waals surface area (Å²) in [5.74, 6) is 1.43. The Labute approximate surface area is 99.9 Å². The molecule has 1 aromatic carbocycles. The van der Waals surface area contributed by atoms with Crippen molar-refractivity contribution in [2.24, 2.45) is 5.73 Å². The van der Waals surface area contributed by atoms with Crippen LogP contribution in [0.25, 0.3) is 0 Å². The van der Waals surface area contributed by atoms with Gasteiger partial charge < -0.3 is 20.5 Å². The van der Waals surface area contributed by atoms with Gasteiger partial charge in [0.15, 0.2) is 11.5 Å². The Kier molecular flexibility index (Phi) is 3.49. The maximum Gasteiger partial charge on any atom is 0.231 e. The van der Waals surface area contributed by atoms with E-state index in [0.29, 0.717) is 13.0 Å². The minimum absolute atomic E-state index is 0.0438. The summed E-state index contributed by atoms with van der Waals surface area (Å²) in [6.07, 6.45) is 0.342. The van der Waals surface area contributed by atoms with Crippen molar-refractivity contribution < 1.29 is 14.3 Å². The fraction of sp³-hybridized carbons (Fsp3) is 0.417. The molecule has 0 aliphatic carbocycles. The van der Waals surface area contributed by atoms with Gasteiger partial charge in [-0.3, -0.25) is 4.79 Å². The Morgan fingerprint density at radius 2 is 2.24 bits per heavy atom. The van der Waals surface area contributed by atoms with Crippen LogP contribution in [0.2, 0.25) is 0 Å². The standard InChI is InChI=1S/C12H16N2O3/c1-8(14-12(15)4-5-13)9-2-3-10-11(6-9)17-7-16-10/h2-3,6,8H,4-5,7,13H2,1H3,(H,14,15). The molecule has 1 aliphatic heterocycles. The van der Waals surface area contributed by atoms with Gasteiger partial charge in [-0.15, -0.1) is 0 Å². The van der Waals surface area contributed by atoms with Crippen molar-refractivity contribution in [3.05, 3.63) is 23.8 Å². The second kappa shape index (κ2) is 5.05. The van der Waals surface area contributed by atoms with Crippen LogP contribution in [0.3, 0.4) is 0 Å². The number of hydrogen-bond donors (Lipinski definition) is 2. The molecule has 0 radical (unpaired) electrons. The van der Waals surface area contributed by atoms with Gasteiger partial charge in [0.1, 0.15) is 0 Å². The number of carbonyl (C=O) groups excluding carboxylic acids is 1. The average Bonchev–Trinajstić information content (AvgIpc) is 2.75. The van der Waals surface area contributed by atoms with Crippen molar-refractivity contribution in [3.63, 3.8) is 0 Å². The molecule has 1 aromatic rings. The number of fused-ring (bicyclic) bond motifs is 1. The monoisotopic (exact) mass is 236 g/mol. The number of carbonyl (C=O) groups is 1.